The summed E-state index contributed by atoms with van der Waals surface area (Å²) >= 11 is 1.90. The van der Waals surface area contributed by atoms with E-state index in [1.54, 1.807) is 0 Å². The topological polar surface area (TPSA) is 30.7 Å². The van der Waals surface area contributed by atoms with Gasteiger partial charge in [-0.2, -0.15) is 0 Å². The molecule has 4 aromatic heterocycles. The molecule has 0 radical (unpaired) electrons. The lowest BCUT2D eigenvalue weighted by atomic mass is 9.65. The van der Waals surface area contributed by atoms with Crippen molar-refractivity contribution in [3.63, 3.8) is 0 Å². The molecule has 0 fully saturated rings. The molecule has 1 atom stereocenters. The number of nitrogens with zero attached hydrogens (tertiary/aromatic N) is 3. The summed E-state index contributed by atoms with van der Waals surface area (Å²) in [5.41, 5.74) is 14.5. The molecule has 12 rings (SSSR count). The van der Waals surface area contributed by atoms with Gasteiger partial charge in [0.2, 0.25) is 0 Å². The maximum Gasteiger partial charge on any atom is 0.137 e. The van der Waals surface area contributed by atoms with Crippen molar-refractivity contribution in [1.29, 1.82) is 0 Å². The summed E-state index contributed by atoms with van der Waals surface area (Å²) < 4.78 is 4.87. The van der Waals surface area contributed by atoms with Crippen LogP contribution in [0.3, 0.4) is 0 Å². The molecule has 0 saturated heterocycles. The fourth-order valence-corrected chi connectivity index (χ4v) is 10.5. The maximum absolute atomic E-state index is 4.72. The summed E-state index contributed by atoms with van der Waals surface area (Å²) in [4.78, 5) is 9.22. The van der Waals surface area contributed by atoms with Crippen molar-refractivity contribution in [2.45, 2.75) is 5.41 Å². The van der Waals surface area contributed by atoms with E-state index < -0.39 is 5.41 Å². The van der Waals surface area contributed by atoms with Gasteiger partial charge in [-0.15, -0.1) is 11.3 Å². The smallest absolute Gasteiger partial charge is 0.137 e. The molecule has 2 aliphatic rings. The fraction of sp³-hybridized carbons (Fsp3) is 0.0204. The zero-order chi connectivity index (χ0) is 34.7. The number of rotatable bonds is 2. The average molecular weight is 692 g/mol. The third-order valence-electron chi connectivity index (χ3n) is 11.6. The van der Waals surface area contributed by atoms with Crippen molar-refractivity contribution in [3.05, 3.63) is 198 Å². The van der Waals surface area contributed by atoms with Crippen LogP contribution in [0.4, 0.5) is 0 Å². The molecular weight excluding hydrogens is 663 g/mol. The van der Waals surface area contributed by atoms with Gasteiger partial charge in [0.1, 0.15) is 5.82 Å². The normalized spacial score (nSPS) is 15.5. The van der Waals surface area contributed by atoms with Crippen molar-refractivity contribution in [1.82, 2.24) is 14.5 Å². The minimum Gasteiger partial charge on any atom is -0.292 e. The lowest BCUT2D eigenvalue weighted by Crippen LogP contribution is -2.30. The van der Waals surface area contributed by atoms with E-state index in [0.717, 1.165) is 22.2 Å². The van der Waals surface area contributed by atoms with Crippen LogP contribution in [0.1, 0.15) is 33.4 Å². The predicted octanol–water partition coefficient (Wildman–Crippen LogP) is 12.5. The molecule has 0 aliphatic heterocycles. The van der Waals surface area contributed by atoms with Crippen LogP contribution in [-0.4, -0.2) is 14.5 Å². The van der Waals surface area contributed by atoms with E-state index in [9.17, 15) is 0 Å². The van der Waals surface area contributed by atoms with E-state index in [0.29, 0.717) is 0 Å². The van der Waals surface area contributed by atoms with Crippen molar-refractivity contribution in [2.75, 3.05) is 0 Å². The Kier molecular flexibility index (Phi) is 5.86. The highest BCUT2D eigenvalue weighted by molar-refractivity contribution is 7.25. The van der Waals surface area contributed by atoms with E-state index >= 15 is 0 Å². The molecule has 0 amide bonds. The largest absolute Gasteiger partial charge is 0.292 e. The molecule has 246 valence electrons. The lowest BCUT2D eigenvalue weighted by Gasteiger charge is -2.35. The van der Waals surface area contributed by atoms with Crippen LogP contribution in [0.15, 0.2) is 164 Å². The standard InChI is InChI=1S/C49H29N3S/c1-4-12-40-30(9-1)16-17-31-18-19-33(32-20-21-44-38(25-32)35-22-24-50-29-45(35)52(44)48-15-7-8-23-51-48)26-42(31)49(40)41-13-5-2-10-34(41)37-27-39-36-11-3-6-14-46(36)53-47(39)28-43(37)49/h1-29H. The van der Waals surface area contributed by atoms with Crippen molar-refractivity contribution < 1.29 is 0 Å². The average Bonchev–Trinajstić information content (AvgIpc) is 3.81. The first-order valence-electron chi connectivity index (χ1n) is 18.1. The first-order valence-corrected chi connectivity index (χ1v) is 18.9. The number of thiophene rings is 1. The van der Waals surface area contributed by atoms with Crippen molar-refractivity contribution in [2.24, 2.45) is 0 Å². The number of pyridine rings is 2. The Hall–Kier alpha value is -6.62. The van der Waals surface area contributed by atoms with Gasteiger partial charge in [-0.05, 0) is 110 Å². The lowest BCUT2D eigenvalue weighted by molar-refractivity contribution is 0.768. The Morgan fingerprint density at radius 2 is 1.26 bits per heavy atom. The number of hydrogen-bond acceptors (Lipinski definition) is 3. The Bertz CT molecular complexity index is 3180. The zero-order valence-corrected chi connectivity index (χ0v) is 29.3. The van der Waals surface area contributed by atoms with Gasteiger partial charge >= 0.3 is 0 Å². The van der Waals surface area contributed by atoms with Gasteiger partial charge in [-0.1, -0.05) is 103 Å². The summed E-state index contributed by atoms with van der Waals surface area (Å²) in [5.74, 6) is 0.886. The first-order chi connectivity index (χ1) is 26.3. The first kappa shape index (κ1) is 29.0. The highest BCUT2D eigenvalue weighted by atomic mass is 32.1. The molecule has 1 unspecified atom stereocenters. The zero-order valence-electron chi connectivity index (χ0n) is 28.5. The molecule has 4 heteroatoms. The summed E-state index contributed by atoms with van der Waals surface area (Å²) in [6, 6.07) is 54.1. The minimum atomic E-state index is -0.507. The monoisotopic (exact) mass is 691 g/mol. The SMILES string of the molecule is C1=Cc2ccc(-c3ccc4c(c3)c3ccncc3n4-c3ccccn3)cc2C2(c3ccccc31)c1ccccc1-c1cc3c(cc12)sc1ccccc13. The Balaban J connectivity index is 1.15. The van der Waals surface area contributed by atoms with Gasteiger partial charge < -0.3 is 0 Å². The molecule has 0 saturated carbocycles. The molecule has 10 aromatic rings. The van der Waals surface area contributed by atoms with Crippen LogP contribution < -0.4 is 0 Å². The fourth-order valence-electron chi connectivity index (χ4n) is 9.37. The molecule has 53 heavy (non-hydrogen) atoms. The molecule has 1 spiro atoms. The van der Waals surface area contributed by atoms with E-state index in [2.05, 4.69) is 155 Å². The number of aromatic nitrogens is 3. The Labute approximate surface area is 309 Å². The molecule has 0 N–H and O–H groups in total. The Morgan fingerprint density at radius 3 is 2.19 bits per heavy atom. The Morgan fingerprint density at radius 1 is 0.472 bits per heavy atom. The van der Waals surface area contributed by atoms with Crippen molar-refractivity contribution in [3.8, 4) is 28.1 Å². The molecule has 0 bridgehead atoms. The third kappa shape index (κ3) is 3.88. The summed E-state index contributed by atoms with van der Waals surface area (Å²) in [5, 5.41) is 5.01. The van der Waals surface area contributed by atoms with E-state index in [-0.39, 0.29) is 0 Å². The number of fused-ring (bicyclic) bond motifs is 15. The van der Waals surface area contributed by atoms with E-state index in [1.165, 1.54) is 81.2 Å². The number of hydrogen-bond donors (Lipinski definition) is 0. The van der Waals surface area contributed by atoms with Crippen molar-refractivity contribution >= 4 is 65.5 Å². The van der Waals surface area contributed by atoms with Crippen LogP contribution >= 0.6 is 11.3 Å². The summed E-state index contributed by atoms with van der Waals surface area (Å²) in [6.07, 6.45) is 10.3. The van der Waals surface area contributed by atoms with Gasteiger partial charge in [0, 0.05) is 43.3 Å². The van der Waals surface area contributed by atoms with Crippen LogP contribution in [-0.2, 0) is 5.41 Å². The molecule has 4 heterocycles. The minimum absolute atomic E-state index is 0.507. The van der Waals surface area contributed by atoms with Gasteiger partial charge in [-0.3, -0.25) is 9.55 Å². The van der Waals surface area contributed by atoms with Crippen LogP contribution in [0.5, 0.6) is 0 Å². The maximum atomic E-state index is 4.72. The molecule has 6 aromatic carbocycles. The second-order valence-electron chi connectivity index (χ2n) is 14.2. The molecule has 3 nitrogen and oxygen atoms in total. The number of benzene rings is 6. The highest BCUT2D eigenvalue weighted by Crippen LogP contribution is 2.60. The van der Waals surface area contributed by atoms with Gasteiger partial charge in [0.05, 0.1) is 22.6 Å². The van der Waals surface area contributed by atoms with Crippen LogP contribution in [0, 0.1) is 0 Å². The van der Waals surface area contributed by atoms with E-state index in [4.69, 9.17) is 4.98 Å². The second-order valence-corrected chi connectivity index (χ2v) is 15.2. The molecular formula is C49H29N3S. The van der Waals surface area contributed by atoms with Gasteiger partial charge in [0.15, 0.2) is 0 Å². The predicted molar refractivity (Wildman–Crippen MR) is 221 cm³/mol. The van der Waals surface area contributed by atoms with Gasteiger partial charge in [-0.25, -0.2) is 4.98 Å². The van der Waals surface area contributed by atoms with Crippen LogP contribution in [0.2, 0.25) is 0 Å². The third-order valence-corrected chi connectivity index (χ3v) is 12.7. The summed E-state index contributed by atoms with van der Waals surface area (Å²) in [6.45, 7) is 0. The van der Waals surface area contributed by atoms with Crippen LogP contribution in [0.25, 0.3) is 82.2 Å². The molecule has 2 aliphatic carbocycles. The quantitative estimate of drug-likeness (QED) is 0.181. The van der Waals surface area contributed by atoms with E-state index in [1.807, 2.05) is 42.1 Å². The highest BCUT2D eigenvalue weighted by Gasteiger charge is 2.48. The summed E-state index contributed by atoms with van der Waals surface area (Å²) in [7, 11) is 0. The van der Waals surface area contributed by atoms with Gasteiger partial charge in [0.25, 0.3) is 0 Å². The second kappa shape index (κ2) is 10.7.